The van der Waals surface area contributed by atoms with Crippen molar-refractivity contribution in [3.63, 3.8) is 0 Å². The molecule has 1 aromatic carbocycles. The van der Waals surface area contributed by atoms with Crippen LogP contribution in [-0.2, 0) is 10.0 Å². The Bertz CT molecular complexity index is 502. The molecule has 1 N–H and O–H groups in total. The van der Waals surface area contributed by atoms with Crippen LogP contribution in [-0.4, -0.2) is 33.5 Å². The summed E-state index contributed by atoms with van der Waals surface area (Å²) in [6.07, 6.45) is 1.57. The van der Waals surface area contributed by atoms with E-state index in [-0.39, 0.29) is 29.2 Å². The van der Waals surface area contributed by atoms with Gasteiger partial charge in [-0.1, -0.05) is 38.5 Å². The molecular formula is C12H18LiN2O2S. The first-order valence-electron chi connectivity index (χ1n) is 5.33. The predicted molar refractivity (Wildman–Crippen MR) is 75.2 cm³/mol. The van der Waals surface area contributed by atoms with Crippen LogP contribution in [0.15, 0.2) is 34.3 Å². The molecule has 0 aliphatic rings. The summed E-state index contributed by atoms with van der Waals surface area (Å²) >= 11 is 0. The summed E-state index contributed by atoms with van der Waals surface area (Å²) in [4.78, 5) is 2.41. The Labute approximate surface area is 121 Å². The molecule has 0 unspecified atom stereocenters. The van der Waals surface area contributed by atoms with E-state index in [1.165, 1.54) is 0 Å². The molecule has 6 heteroatoms. The summed E-state index contributed by atoms with van der Waals surface area (Å²) in [6.45, 7) is 7.73. The maximum absolute atomic E-state index is 11.8. The molecule has 0 heterocycles. The predicted octanol–water partition coefficient (Wildman–Crippen LogP) is 1.92. The minimum Gasteiger partial charge on any atom is -0.200 e. The molecule has 95 valence electrons. The van der Waals surface area contributed by atoms with E-state index in [9.17, 15) is 8.42 Å². The maximum Gasteiger partial charge on any atom is 0.276 e. The second kappa shape index (κ2) is 6.42. The molecule has 0 saturated heterocycles. The number of nitrogens with one attached hydrogen (secondary N) is 1. The van der Waals surface area contributed by atoms with E-state index in [0.29, 0.717) is 0 Å². The van der Waals surface area contributed by atoms with Crippen molar-refractivity contribution >= 4 is 35.1 Å². The van der Waals surface area contributed by atoms with Gasteiger partial charge in [0.25, 0.3) is 10.0 Å². The number of sulfonamides is 1. The Morgan fingerprint density at radius 2 is 1.67 bits per heavy atom. The van der Waals surface area contributed by atoms with Gasteiger partial charge in [0.1, 0.15) is 0 Å². The third kappa shape index (κ3) is 5.72. The quantitative estimate of drug-likeness (QED) is 0.513. The second-order valence-electron chi connectivity index (χ2n) is 5.03. The van der Waals surface area contributed by atoms with E-state index in [2.05, 4.69) is 9.93 Å². The fourth-order valence-corrected chi connectivity index (χ4v) is 1.85. The molecule has 18 heavy (non-hydrogen) atoms. The monoisotopic (exact) mass is 261 g/mol. The average Bonchev–Trinajstić information content (AvgIpc) is 2.15. The molecular weight excluding hydrogens is 243 g/mol. The Hall–Kier alpha value is -0.763. The second-order valence-corrected chi connectivity index (χ2v) is 6.69. The zero-order valence-corrected chi connectivity index (χ0v) is 12.4. The smallest absolute Gasteiger partial charge is 0.200 e. The van der Waals surface area contributed by atoms with Crippen LogP contribution < -0.4 is 4.83 Å². The summed E-state index contributed by atoms with van der Waals surface area (Å²) in [5, 5.41) is 3.75. The van der Waals surface area contributed by atoms with Crippen LogP contribution in [0.2, 0.25) is 0 Å². The maximum atomic E-state index is 11.8. The third-order valence-electron chi connectivity index (χ3n) is 1.96. The largest absolute Gasteiger partial charge is 0.276 e. The Morgan fingerprint density at radius 1 is 1.17 bits per heavy atom. The van der Waals surface area contributed by atoms with Crippen LogP contribution in [0, 0.1) is 12.3 Å². The van der Waals surface area contributed by atoms with E-state index in [1.807, 2.05) is 27.7 Å². The van der Waals surface area contributed by atoms with Crippen molar-refractivity contribution in [2.75, 3.05) is 0 Å². The van der Waals surface area contributed by atoms with Crippen LogP contribution in [0.1, 0.15) is 26.3 Å². The van der Waals surface area contributed by atoms with E-state index in [0.717, 1.165) is 5.56 Å². The third-order valence-corrected chi connectivity index (χ3v) is 3.19. The van der Waals surface area contributed by atoms with Crippen molar-refractivity contribution < 1.29 is 8.42 Å². The molecule has 0 aliphatic carbocycles. The fraction of sp³-hybridized carbons (Fsp3) is 0.417. The average molecular weight is 261 g/mol. The molecule has 0 spiro atoms. The van der Waals surface area contributed by atoms with Crippen LogP contribution in [0.25, 0.3) is 0 Å². The topological polar surface area (TPSA) is 58.5 Å². The molecule has 0 aliphatic heterocycles. The molecule has 1 radical (unpaired) electrons. The zero-order valence-electron chi connectivity index (χ0n) is 11.6. The number of nitrogens with zero attached hydrogens (tertiary/aromatic N) is 1. The van der Waals surface area contributed by atoms with Gasteiger partial charge in [0.05, 0.1) is 4.90 Å². The fourth-order valence-electron chi connectivity index (χ4n) is 1.06. The van der Waals surface area contributed by atoms with Crippen LogP contribution in [0.5, 0.6) is 0 Å². The van der Waals surface area contributed by atoms with Crippen molar-refractivity contribution in [2.24, 2.45) is 10.5 Å². The Morgan fingerprint density at radius 3 is 2.11 bits per heavy atom. The summed E-state index contributed by atoms with van der Waals surface area (Å²) in [5.41, 5.74) is 0.859. The number of benzene rings is 1. The van der Waals surface area contributed by atoms with Crippen molar-refractivity contribution in [3.8, 4) is 0 Å². The Kier molecular flexibility index (Phi) is 6.15. The van der Waals surface area contributed by atoms with Gasteiger partial charge in [-0.15, -0.1) is 0 Å². The molecule has 4 nitrogen and oxygen atoms in total. The molecule has 0 amide bonds. The molecule has 0 aromatic heterocycles. The Balaban J connectivity index is 0.00000289. The normalized spacial score (nSPS) is 12.2. The standard InChI is InChI=1S/C12H18N2O2S.Li/c1-10-5-7-11(8-6-10)17(15,16)14-13-9-12(2,3)4;/h5-9,14H,1-4H3;. The van der Waals surface area contributed by atoms with Gasteiger partial charge in [0.15, 0.2) is 0 Å². The van der Waals surface area contributed by atoms with Crippen LogP contribution in [0.4, 0.5) is 0 Å². The van der Waals surface area contributed by atoms with Gasteiger partial charge in [-0.25, -0.2) is 4.83 Å². The van der Waals surface area contributed by atoms with Gasteiger partial charge in [-0.3, -0.25) is 0 Å². The zero-order chi connectivity index (χ0) is 13.1. The number of hydrogen-bond donors (Lipinski definition) is 1. The van der Waals surface area contributed by atoms with Gasteiger partial charge < -0.3 is 0 Å². The van der Waals surface area contributed by atoms with Crippen molar-refractivity contribution in [2.45, 2.75) is 32.6 Å². The minimum atomic E-state index is -3.55. The van der Waals surface area contributed by atoms with Gasteiger partial charge in [0, 0.05) is 25.1 Å². The van der Waals surface area contributed by atoms with Gasteiger partial charge in [-0.05, 0) is 24.5 Å². The number of hydrogen-bond acceptors (Lipinski definition) is 3. The number of hydrazone groups is 1. The van der Waals surface area contributed by atoms with Gasteiger partial charge in [-0.2, -0.15) is 13.5 Å². The molecule has 0 atom stereocenters. The van der Waals surface area contributed by atoms with E-state index in [1.54, 1.807) is 30.5 Å². The van der Waals surface area contributed by atoms with E-state index >= 15 is 0 Å². The summed E-state index contributed by atoms with van der Waals surface area (Å²) in [5.74, 6) is 0. The molecule has 0 saturated carbocycles. The van der Waals surface area contributed by atoms with E-state index < -0.39 is 10.0 Å². The van der Waals surface area contributed by atoms with Gasteiger partial charge >= 0.3 is 0 Å². The summed E-state index contributed by atoms with van der Waals surface area (Å²) < 4.78 is 23.6. The first-order chi connectivity index (χ1) is 7.71. The molecule has 1 aromatic rings. The minimum absolute atomic E-state index is 0. The number of aryl methyl sites for hydroxylation is 1. The van der Waals surface area contributed by atoms with Crippen LogP contribution in [0.3, 0.4) is 0 Å². The van der Waals surface area contributed by atoms with E-state index in [4.69, 9.17) is 0 Å². The van der Waals surface area contributed by atoms with Crippen LogP contribution >= 0.6 is 0 Å². The van der Waals surface area contributed by atoms with Crippen molar-refractivity contribution in [3.05, 3.63) is 29.8 Å². The summed E-state index contributed by atoms with van der Waals surface area (Å²) in [6, 6.07) is 6.62. The number of rotatable bonds is 3. The first kappa shape index (κ1) is 17.2. The first-order valence-corrected chi connectivity index (χ1v) is 6.82. The molecule has 0 fully saturated rings. The SMILES string of the molecule is Cc1ccc(S(=O)(=O)NN=CC(C)(C)C)cc1.[Li]. The molecule has 0 bridgehead atoms. The van der Waals surface area contributed by atoms with Crippen molar-refractivity contribution in [1.29, 1.82) is 0 Å². The summed E-state index contributed by atoms with van der Waals surface area (Å²) in [7, 11) is -3.55. The molecule has 1 rings (SSSR count). The van der Waals surface area contributed by atoms with Gasteiger partial charge in [0.2, 0.25) is 0 Å². The van der Waals surface area contributed by atoms with Crippen molar-refractivity contribution in [1.82, 2.24) is 4.83 Å².